The lowest BCUT2D eigenvalue weighted by Crippen LogP contribution is -2.41. The van der Waals surface area contributed by atoms with Gasteiger partial charge in [0, 0.05) is 37.9 Å². The zero-order valence-corrected chi connectivity index (χ0v) is 20.1. The standard InChI is InChI=1S/C28H33N5O2/c34-26(12-16-33-21-29-20-31-33)32-17-13-28(14-18-32)19-25(28)27(35)30-15-11-24(22-7-3-1-4-8-22)23-9-5-2-6-10-23/h1-10,20-21,24-25H,11-19H2,(H,30,35)/t25-/m1/s1. The number of amides is 2. The third kappa shape index (κ3) is 5.45. The van der Waals surface area contributed by atoms with Gasteiger partial charge in [-0.1, -0.05) is 60.7 Å². The number of hydrogen-bond acceptors (Lipinski definition) is 4. The molecule has 1 saturated carbocycles. The van der Waals surface area contributed by atoms with Crippen LogP contribution in [-0.2, 0) is 16.1 Å². The van der Waals surface area contributed by atoms with Crippen LogP contribution in [0.1, 0.15) is 49.1 Å². The molecule has 2 heterocycles. The molecule has 7 heteroatoms. The fraction of sp³-hybridized carbons (Fsp3) is 0.429. The highest BCUT2D eigenvalue weighted by Crippen LogP contribution is 2.59. The second-order valence-electron chi connectivity index (χ2n) is 9.86. The molecule has 0 unspecified atom stereocenters. The summed E-state index contributed by atoms with van der Waals surface area (Å²) in [6, 6.07) is 21.0. The number of hydrogen-bond donors (Lipinski definition) is 1. The van der Waals surface area contributed by atoms with Crippen LogP contribution in [0.15, 0.2) is 73.3 Å². The summed E-state index contributed by atoms with van der Waals surface area (Å²) in [5, 5.41) is 7.28. The van der Waals surface area contributed by atoms with Crippen molar-refractivity contribution in [1.29, 1.82) is 0 Å². The average molecular weight is 472 g/mol. The molecule has 2 aliphatic rings. The molecule has 2 amide bonds. The number of carbonyl (C=O) groups is 2. The van der Waals surface area contributed by atoms with Crippen molar-refractivity contribution < 1.29 is 9.59 Å². The van der Waals surface area contributed by atoms with Gasteiger partial charge in [0.15, 0.2) is 0 Å². The van der Waals surface area contributed by atoms with Crippen molar-refractivity contribution in [2.45, 2.75) is 44.6 Å². The number of aryl methyl sites for hydroxylation is 1. The van der Waals surface area contributed by atoms with Crippen molar-refractivity contribution in [1.82, 2.24) is 25.0 Å². The summed E-state index contributed by atoms with van der Waals surface area (Å²) in [6.45, 7) is 2.69. The van der Waals surface area contributed by atoms with E-state index in [1.54, 1.807) is 11.0 Å². The summed E-state index contributed by atoms with van der Waals surface area (Å²) in [4.78, 5) is 31.4. The van der Waals surface area contributed by atoms with E-state index in [0.717, 1.165) is 38.8 Å². The molecule has 1 aliphatic carbocycles. The SMILES string of the molecule is O=C(NCCC(c1ccccc1)c1ccccc1)[C@H]1CC12CCN(C(=O)CCn1cncn1)CC2. The number of likely N-dealkylation sites (tertiary alicyclic amines) is 1. The van der Waals surface area contributed by atoms with E-state index in [-0.39, 0.29) is 29.1 Å². The van der Waals surface area contributed by atoms with Gasteiger partial charge >= 0.3 is 0 Å². The van der Waals surface area contributed by atoms with Gasteiger partial charge in [-0.15, -0.1) is 0 Å². The first-order chi connectivity index (χ1) is 17.1. The molecule has 0 bridgehead atoms. The first-order valence-corrected chi connectivity index (χ1v) is 12.6. The highest BCUT2D eigenvalue weighted by molar-refractivity contribution is 5.83. The van der Waals surface area contributed by atoms with Gasteiger partial charge in [0.25, 0.3) is 0 Å². The first-order valence-electron chi connectivity index (χ1n) is 12.6. The van der Waals surface area contributed by atoms with E-state index in [2.05, 4.69) is 63.9 Å². The van der Waals surface area contributed by atoms with Gasteiger partial charge in [-0.05, 0) is 42.2 Å². The lowest BCUT2D eigenvalue weighted by Gasteiger charge is -2.33. The van der Waals surface area contributed by atoms with Crippen molar-refractivity contribution in [3.05, 3.63) is 84.4 Å². The summed E-state index contributed by atoms with van der Waals surface area (Å²) < 4.78 is 1.69. The summed E-state index contributed by atoms with van der Waals surface area (Å²) in [5.41, 5.74) is 2.64. The second kappa shape index (κ2) is 10.4. The number of nitrogens with zero attached hydrogens (tertiary/aromatic N) is 4. The van der Waals surface area contributed by atoms with Gasteiger partial charge in [-0.3, -0.25) is 14.3 Å². The number of carbonyl (C=O) groups excluding carboxylic acids is 2. The van der Waals surface area contributed by atoms with Gasteiger partial charge in [0.2, 0.25) is 11.8 Å². The summed E-state index contributed by atoms with van der Waals surface area (Å²) in [6.07, 6.45) is 7.19. The predicted octanol–water partition coefficient (Wildman–Crippen LogP) is 3.64. The van der Waals surface area contributed by atoms with Crippen LogP contribution in [0.4, 0.5) is 0 Å². The van der Waals surface area contributed by atoms with Gasteiger partial charge in [-0.2, -0.15) is 5.10 Å². The van der Waals surface area contributed by atoms with E-state index in [0.29, 0.717) is 19.5 Å². The van der Waals surface area contributed by atoms with Crippen LogP contribution in [0, 0.1) is 11.3 Å². The zero-order chi connectivity index (χ0) is 24.1. The molecule has 1 saturated heterocycles. The molecule has 1 aromatic heterocycles. The van der Waals surface area contributed by atoms with E-state index >= 15 is 0 Å². The van der Waals surface area contributed by atoms with Crippen LogP contribution < -0.4 is 5.32 Å². The third-order valence-electron chi connectivity index (χ3n) is 7.78. The van der Waals surface area contributed by atoms with Gasteiger partial charge in [0.05, 0.1) is 6.54 Å². The molecular weight excluding hydrogens is 438 g/mol. The molecule has 1 atom stereocenters. The Bertz CT molecular complexity index is 1070. The maximum atomic E-state index is 13.0. The van der Waals surface area contributed by atoms with Gasteiger partial charge < -0.3 is 10.2 Å². The molecule has 1 N–H and O–H groups in total. The largest absolute Gasteiger partial charge is 0.356 e. The molecular formula is C28H33N5O2. The molecule has 5 rings (SSSR count). The molecule has 2 aromatic carbocycles. The van der Waals surface area contributed by atoms with Crippen LogP contribution in [0.2, 0.25) is 0 Å². The van der Waals surface area contributed by atoms with Crippen LogP contribution >= 0.6 is 0 Å². The van der Waals surface area contributed by atoms with Crippen LogP contribution in [-0.4, -0.2) is 51.1 Å². The van der Waals surface area contributed by atoms with Crippen LogP contribution in [0.25, 0.3) is 0 Å². The predicted molar refractivity (Wildman–Crippen MR) is 133 cm³/mol. The fourth-order valence-corrected chi connectivity index (χ4v) is 5.55. The highest BCUT2D eigenvalue weighted by Gasteiger charge is 2.58. The van der Waals surface area contributed by atoms with E-state index in [1.165, 1.54) is 17.5 Å². The Morgan fingerprint density at radius 2 is 1.66 bits per heavy atom. The first kappa shape index (κ1) is 23.3. The van der Waals surface area contributed by atoms with Crippen LogP contribution in [0.5, 0.6) is 0 Å². The number of nitrogens with one attached hydrogen (secondary N) is 1. The Balaban J connectivity index is 1.09. The zero-order valence-electron chi connectivity index (χ0n) is 20.1. The lowest BCUT2D eigenvalue weighted by molar-refractivity contribution is -0.133. The Labute approximate surface area is 206 Å². The third-order valence-corrected chi connectivity index (χ3v) is 7.78. The minimum absolute atomic E-state index is 0.0850. The quantitative estimate of drug-likeness (QED) is 0.517. The Morgan fingerprint density at radius 3 is 2.26 bits per heavy atom. The number of benzene rings is 2. The van der Waals surface area contributed by atoms with Gasteiger partial charge in [-0.25, -0.2) is 4.98 Å². The summed E-state index contributed by atoms with van der Waals surface area (Å²) >= 11 is 0. The van der Waals surface area contributed by atoms with Gasteiger partial charge in [0.1, 0.15) is 12.7 Å². The van der Waals surface area contributed by atoms with Crippen molar-refractivity contribution >= 4 is 11.8 Å². The number of piperidine rings is 1. The molecule has 3 aromatic rings. The van der Waals surface area contributed by atoms with E-state index in [4.69, 9.17) is 0 Å². The number of rotatable bonds is 9. The van der Waals surface area contributed by atoms with Crippen molar-refractivity contribution in [3.8, 4) is 0 Å². The molecule has 35 heavy (non-hydrogen) atoms. The smallest absolute Gasteiger partial charge is 0.224 e. The maximum Gasteiger partial charge on any atom is 0.224 e. The molecule has 1 aliphatic heterocycles. The fourth-order valence-electron chi connectivity index (χ4n) is 5.55. The van der Waals surface area contributed by atoms with E-state index < -0.39 is 0 Å². The monoisotopic (exact) mass is 471 g/mol. The summed E-state index contributed by atoms with van der Waals surface area (Å²) in [7, 11) is 0. The van der Waals surface area contributed by atoms with E-state index in [9.17, 15) is 9.59 Å². The molecule has 2 fully saturated rings. The van der Waals surface area contributed by atoms with Crippen molar-refractivity contribution in [3.63, 3.8) is 0 Å². The second-order valence-corrected chi connectivity index (χ2v) is 9.86. The molecule has 0 radical (unpaired) electrons. The Kier molecular flexibility index (Phi) is 6.93. The minimum atomic E-state index is 0.0850. The van der Waals surface area contributed by atoms with Crippen molar-refractivity contribution in [2.24, 2.45) is 11.3 Å². The summed E-state index contributed by atoms with van der Waals surface area (Å²) in [5.74, 6) is 0.681. The topological polar surface area (TPSA) is 80.1 Å². The number of aromatic nitrogens is 3. The maximum absolute atomic E-state index is 13.0. The highest BCUT2D eigenvalue weighted by atomic mass is 16.2. The average Bonchev–Trinajstić information content (AvgIpc) is 3.33. The Morgan fingerprint density at radius 1 is 1.00 bits per heavy atom. The lowest BCUT2D eigenvalue weighted by atomic mass is 9.88. The molecule has 182 valence electrons. The van der Waals surface area contributed by atoms with Crippen molar-refractivity contribution in [2.75, 3.05) is 19.6 Å². The normalized spacial score (nSPS) is 18.5. The minimum Gasteiger partial charge on any atom is -0.356 e. The Hall–Kier alpha value is -3.48. The van der Waals surface area contributed by atoms with Crippen LogP contribution in [0.3, 0.4) is 0 Å². The molecule has 1 spiro atoms. The molecule has 7 nitrogen and oxygen atoms in total. The van der Waals surface area contributed by atoms with E-state index in [1.807, 2.05) is 17.0 Å².